The predicted molar refractivity (Wildman–Crippen MR) is 55.6 cm³/mol. The molecule has 0 fully saturated rings. The molecule has 0 spiro atoms. The van der Waals surface area contributed by atoms with Gasteiger partial charge in [0, 0.05) is 5.39 Å². The van der Waals surface area contributed by atoms with Gasteiger partial charge in [0.15, 0.2) is 11.3 Å². The van der Waals surface area contributed by atoms with Gasteiger partial charge in [-0.05, 0) is 33.7 Å². The second-order valence-electron chi connectivity index (χ2n) is 2.73. The van der Waals surface area contributed by atoms with Gasteiger partial charge in [-0.3, -0.25) is 9.78 Å². The number of primary amides is 1. The van der Waals surface area contributed by atoms with Crippen molar-refractivity contribution in [2.75, 3.05) is 0 Å². The molecule has 1 amide bonds. The summed E-state index contributed by atoms with van der Waals surface area (Å²) in [4.78, 5) is 14.8. The zero-order valence-electron chi connectivity index (χ0n) is 6.95. The number of hydrogen-bond donors (Lipinski definition) is 1. The van der Waals surface area contributed by atoms with Gasteiger partial charge in [0.05, 0.1) is 0 Å². The van der Waals surface area contributed by atoms with E-state index in [0.717, 1.165) is 0 Å². The molecule has 2 rings (SSSR count). The number of halogens is 1. The molecule has 2 N–H and O–H groups in total. The highest BCUT2D eigenvalue weighted by Gasteiger charge is 2.11. The third-order valence-electron chi connectivity index (χ3n) is 1.72. The number of amides is 1. The number of aromatic nitrogens is 1. The van der Waals surface area contributed by atoms with Gasteiger partial charge < -0.3 is 10.2 Å². The zero-order valence-corrected chi connectivity index (χ0v) is 8.54. The Kier molecular flexibility index (Phi) is 2.07. The van der Waals surface area contributed by atoms with Crippen LogP contribution in [-0.2, 0) is 0 Å². The van der Waals surface area contributed by atoms with E-state index in [2.05, 4.69) is 20.9 Å². The van der Waals surface area contributed by atoms with Gasteiger partial charge in [-0.25, -0.2) is 0 Å². The minimum absolute atomic E-state index is 0.0908. The molecule has 2 aromatic rings. The monoisotopic (exact) mass is 250 g/mol. The van der Waals surface area contributed by atoms with Gasteiger partial charge in [-0.15, -0.1) is 0 Å². The van der Waals surface area contributed by atoms with Crippen molar-refractivity contribution in [2.45, 2.75) is 0 Å². The van der Waals surface area contributed by atoms with Crippen molar-refractivity contribution < 1.29 is 9.21 Å². The molecule has 0 aliphatic carbocycles. The molecule has 0 unspecified atom stereocenters. The van der Waals surface area contributed by atoms with Crippen molar-refractivity contribution in [1.29, 1.82) is 0 Å². The minimum Gasteiger partial charge on any atom is -0.448 e. The molecule has 2 aromatic heterocycles. The molecule has 68 valence electrons. The molecule has 6 heteroatoms. The SMILES string of the molecule is [B]c1cc2cc(C(N)=O)oc2c(Br)n1. The van der Waals surface area contributed by atoms with Crippen LogP contribution in [0, 0.1) is 0 Å². The molecule has 0 aliphatic rings. The van der Waals surface area contributed by atoms with E-state index in [4.69, 9.17) is 18.0 Å². The van der Waals surface area contributed by atoms with Gasteiger partial charge in [-0.2, -0.15) is 0 Å². The summed E-state index contributed by atoms with van der Waals surface area (Å²) in [6.45, 7) is 0. The molecule has 14 heavy (non-hydrogen) atoms. The Labute approximate surface area is 89.0 Å². The van der Waals surface area contributed by atoms with Crippen molar-refractivity contribution >= 4 is 46.2 Å². The zero-order chi connectivity index (χ0) is 10.3. The fraction of sp³-hybridized carbons (Fsp3) is 0. The van der Waals surface area contributed by atoms with E-state index in [1.165, 1.54) is 6.07 Å². The number of nitrogens with zero attached hydrogens (tertiary/aromatic N) is 1. The van der Waals surface area contributed by atoms with Crippen LogP contribution in [0.25, 0.3) is 11.0 Å². The van der Waals surface area contributed by atoms with E-state index in [-0.39, 0.29) is 5.76 Å². The number of fused-ring (bicyclic) bond motifs is 1. The molecule has 0 atom stereocenters. The van der Waals surface area contributed by atoms with Gasteiger partial charge in [0.2, 0.25) is 0 Å². The average Bonchev–Trinajstić information content (AvgIpc) is 2.47. The van der Waals surface area contributed by atoms with Crippen LogP contribution < -0.4 is 11.3 Å². The first-order chi connectivity index (χ1) is 6.58. The van der Waals surface area contributed by atoms with E-state index in [9.17, 15) is 4.79 Å². The summed E-state index contributed by atoms with van der Waals surface area (Å²) in [6.07, 6.45) is 0. The standard InChI is InChI=1S/C8H4BBrN2O2/c9-5-2-3-1-4(8(11)13)14-6(3)7(10)12-5/h1-2H,(H2,11,13). The highest BCUT2D eigenvalue weighted by Crippen LogP contribution is 2.23. The molecule has 0 saturated carbocycles. The van der Waals surface area contributed by atoms with Crippen molar-refractivity contribution in [3.8, 4) is 0 Å². The van der Waals surface area contributed by atoms with Crippen LogP contribution >= 0.6 is 15.9 Å². The highest BCUT2D eigenvalue weighted by atomic mass is 79.9. The summed E-state index contributed by atoms with van der Waals surface area (Å²) in [5, 5.41) is 0.693. The lowest BCUT2D eigenvalue weighted by molar-refractivity contribution is 0.0976. The van der Waals surface area contributed by atoms with E-state index < -0.39 is 5.91 Å². The molecular weight excluding hydrogens is 247 g/mol. The van der Waals surface area contributed by atoms with Crippen LogP contribution in [0.2, 0.25) is 0 Å². The van der Waals surface area contributed by atoms with Crippen LogP contribution in [0.1, 0.15) is 10.6 Å². The third-order valence-corrected chi connectivity index (χ3v) is 2.26. The van der Waals surface area contributed by atoms with E-state index >= 15 is 0 Å². The minimum atomic E-state index is -0.619. The van der Waals surface area contributed by atoms with Gasteiger partial charge in [-0.1, -0.05) is 0 Å². The van der Waals surface area contributed by atoms with Crippen LogP contribution in [0.15, 0.2) is 21.2 Å². The largest absolute Gasteiger partial charge is 0.448 e. The summed E-state index contributed by atoms with van der Waals surface area (Å²) in [6, 6.07) is 3.14. The lowest BCUT2D eigenvalue weighted by atomic mass is 10.0. The third kappa shape index (κ3) is 1.41. The Morgan fingerprint density at radius 2 is 2.29 bits per heavy atom. The molecule has 0 aromatic carbocycles. The number of nitrogens with two attached hydrogens (primary N) is 1. The van der Waals surface area contributed by atoms with Crippen molar-refractivity contribution in [3.63, 3.8) is 0 Å². The fourth-order valence-electron chi connectivity index (χ4n) is 1.15. The smallest absolute Gasteiger partial charge is 0.284 e. The summed E-state index contributed by atoms with van der Waals surface area (Å²) < 4.78 is 5.63. The first-order valence-corrected chi connectivity index (χ1v) is 4.52. The Morgan fingerprint density at radius 1 is 1.57 bits per heavy atom. The normalized spacial score (nSPS) is 10.6. The quantitative estimate of drug-likeness (QED) is 0.592. The first kappa shape index (κ1) is 9.27. The second-order valence-corrected chi connectivity index (χ2v) is 3.48. The average molecular weight is 251 g/mol. The van der Waals surface area contributed by atoms with Crippen molar-refractivity contribution in [2.24, 2.45) is 5.73 Å². The number of carbonyl (C=O) groups excluding carboxylic acids is 1. The van der Waals surface area contributed by atoms with Crippen molar-refractivity contribution in [1.82, 2.24) is 4.98 Å². The molecule has 2 radical (unpaired) electrons. The summed E-state index contributed by atoms with van der Waals surface area (Å²) in [5.41, 5.74) is 5.88. The number of hydrogen-bond acceptors (Lipinski definition) is 3. The molecule has 2 heterocycles. The van der Waals surface area contributed by atoms with E-state index in [0.29, 0.717) is 21.2 Å². The van der Waals surface area contributed by atoms with Crippen molar-refractivity contribution in [3.05, 3.63) is 22.5 Å². The van der Waals surface area contributed by atoms with E-state index in [1.54, 1.807) is 6.07 Å². The lowest BCUT2D eigenvalue weighted by Crippen LogP contribution is -2.08. The molecular formula is C8H4BBrN2O2. The van der Waals surface area contributed by atoms with Gasteiger partial charge in [0.25, 0.3) is 5.91 Å². The molecule has 0 bridgehead atoms. The fourth-order valence-corrected chi connectivity index (χ4v) is 1.67. The molecule has 0 saturated heterocycles. The number of pyridine rings is 1. The maximum absolute atomic E-state index is 10.8. The van der Waals surface area contributed by atoms with Gasteiger partial charge >= 0.3 is 0 Å². The van der Waals surface area contributed by atoms with Crippen LogP contribution in [-0.4, -0.2) is 18.7 Å². The topological polar surface area (TPSA) is 69.1 Å². The predicted octanol–water partition coefficient (Wildman–Crippen LogP) is 0.483. The Morgan fingerprint density at radius 3 is 2.93 bits per heavy atom. The van der Waals surface area contributed by atoms with Crippen LogP contribution in [0.5, 0.6) is 0 Å². The van der Waals surface area contributed by atoms with Crippen LogP contribution in [0.4, 0.5) is 0 Å². The van der Waals surface area contributed by atoms with Crippen LogP contribution in [0.3, 0.4) is 0 Å². The second kappa shape index (κ2) is 3.13. The number of carbonyl (C=O) groups is 1. The lowest BCUT2D eigenvalue weighted by Gasteiger charge is -1.94. The Balaban J connectivity index is 2.76. The van der Waals surface area contributed by atoms with Gasteiger partial charge in [0.1, 0.15) is 12.4 Å². The Hall–Kier alpha value is -1.30. The summed E-state index contributed by atoms with van der Waals surface area (Å²) in [5.74, 6) is -0.528. The Bertz CT molecular complexity index is 523. The maximum atomic E-state index is 10.8. The maximum Gasteiger partial charge on any atom is 0.284 e. The number of furan rings is 1. The highest BCUT2D eigenvalue weighted by molar-refractivity contribution is 9.10. The number of rotatable bonds is 1. The molecule has 0 aliphatic heterocycles. The summed E-state index contributed by atoms with van der Waals surface area (Å²) >= 11 is 3.17. The van der Waals surface area contributed by atoms with E-state index in [1.807, 2.05) is 0 Å². The first-order valence-electron chi connectivity index (χ1n) is 3.73. The summed E-state index contributed by atoms with van der Waals surface area (Å²) in [7, 11) is 5.51. The molecule has 4 nitrogen and oxygen atoms in total.